The third-order valence-corrected chi connectivity index (χ3v) is 0.697. The second-order valence-electron chi connectivity index (χ2n) is 3.19. The van der Waals surface area contributed by atoms with Crippen molar-refractivity contribution >= 4 is 12.1 Å². The number of esters is 1. The van der Waals surface area contributed by atoms with Gasteiger partial charge in [0.05, 0.1) is 0 Å². The van der Waals surface area contributed by atoms with Gasteiger partial charge in [0, 0.05) is 6.08 Å². The molecule has 0 spiro atoms. The van der Waals surface area contributed by atoms with E-state index in [1.54, 1.807) is 0 Å². The SMILES string of the molecule is C=CC(=O)OC(C)(C)C.NNC(=O)O. The van der Waals surface area contributed by atoms with E-state index in [0.29, 0.717) is 0 Å². The number of hydrazine groups is 1. The Labute approximate surface area is 82.7 Å². The minimum Gasteiger partial charge on any atom is -0.464 e. The summed E-state index contributed by atoms with van der Waals surface area (Å²) in [7, 11) is 0. The molecule has 0 saturated heterocycles. The van der Waals surface area contributed by atoms with Crippen LogP contribution < -0.4 is 11.3 Å². The van der Waals surface area contributed by atoms with Crippen LogP contribution in [0.15, 0.2) is 12.7 Å². The van der Waals surface area contributed by atoms with E-state index >= 15 is 0 Å². The second-order valence-corrected chi connectivity index (χ2v) is 3.19. The van der Waals surface area contributed by atoms with Crippen molar-refractivity contribution in [1.29, 1.82) is 0 Å². The Morgan fingerprint density at radius 2 is 1.86 bits per heavy atom. The molecule has 0 bridgehead atoms. The lowest BCUT2D eigenvalue weighted by Crippen LogP contribution is -2.27. The van der Waals surface area contributed by atoms with Gasteiger partial charge < -0.3 is 9.84 Å². The molecule has 6 nitrogen and oxygen atoms in total. The van der Waals surface area contributed by atoms with Gasteiger partial charge in [-0.3, -0.25) is 5.43 Å². The Hall–Kier alpha value is -1.56. The van der Waals surface area contributed by atoms with E-state index in [1.165, 1.54) is 5.43 Å². The van der Waals surface area contributed by atoms with Crippen molar-refractivity contribution in [2.24, 2.45) is 5.84 Å². The zero-order valence-electron chi connectivity index (χ0n) is 8.53. The highest BCUT2D eigenvalue weighted by molar-refractivity contribution is 5.81. The summed E-state index contributed by atoms with van der Waals surface area (Å²) in [6.45, 7) is 8.71. The van der Waals surface area contributed by atoms with E-state index in [0.717, 1.165) is 6.08 Å². The molecule has 6 heteroatoms. The van der Waals surface area contributed by atoms with Crippen molar-refractivity contribution in [3.05, 3.63) is 12.7 Å². The normalized spacial score (nSPS) is 9.14. The molecule has 0 unspecified atom stereocenters. The van der Waals surface area contributed by atoms with Gasteiger partial charge in [-0.1, -0.05) is 6.58 Å². The van der Waals surface area contributed by atoms with Gasteiger partial charge in [0.15, 0.2) is 0 Å². The number of rotatable bonds is 1. The molecule has 1 amide bonds. The highest BCUT2D eigenvalue weighted by Crippen LogP contribution is 2.06. The fourth-order valence-corrected chi connectivity index (χ4v) is 0.343. The first-order chi connectivity index (χ1) is 6.22. The number of carbonyl (C=O) groups excluding carboxylic acids is 1. The van der Waals surface area contributed by atoms with Crippen LogP contribution in [0, 0.1) is 0 Å². The standard InChI is InChI=1S/C7H12O2.CH4N2O2/c1-5-6(8)9-7(2,3)4;2-3-1(4)5/h5H,1H2,2-4H3;3H,2H2,(H,4,5). The first-order valence-corrected chi connectivity index (χ1v) is 3.78. The quantitative estimate of drug-likeness (QED) is 0.191. The predicted molar refractivity (Wildman–Crippen MR) is 51.4 cm³/mol. The number of nitrogens with two attached hydrogens (primary N) is 1. The van der Waals surface area contributed by atoms with Gasteiger partial charge in [-0.05, 0) is 20.8 Å². The molecule has 0 fully saturated rings. The molecular weight excluding hydrogens is 188 g/mol. The monoisotopic (exact) mass is 204 g/mol. The number of amides is 1. The van der Waals surface area contributed by atoms with Gasteiger partial charge in [-0.15, -0.1) is 0 Å². The van der Waals surface area contributed by atoms with E-state index in [1.807, 2.05) is 20.8 Å². The summed E-state index contributed by atoms with van der Waals surface area (Å²) in [5.41, 5.74) is 1.05. The third-order valence-electron chi connectivity index (χ3n) is 0.697. The van der Waals surface area contributed by atoms with Gasteiger partial charge in [0.1, 0.15) is 5.60 Å². The molecule has 0 aromatic heterocycles. The van der Waals surface area contributed by atoms with E-state index in [-0.39, 0.29) is 5.97 Å². The topological polar surface area (TPSA) is 102 Å². The van der Waals surface area contributed by atoms with Crippen LogP contribution >= 0.6 is 0 Å². The molecule has 0 aromatic rings. The molecule has 0 atom stereocenters. The maximum Gasteiger partial charge on any atom is 0.418 e. The number of carbonyl (C=O) groups is 2. The molecule has 0 rings (SSSR count). The number of ether oxygens (including phenoxy) is 1. The van der Waals surface area contributed by atoms with Crippen LogP contribution in [0.25, 0.3) is 0 Å². The fraction of sp³-hybridized carbons (Fsp3) is 0.500. The van der Waals surface area contributed by atoms with Gasteiger partial charge in [-0.25, -0.2) is 15.4 Å². The molecule has 0 aromatic carbocycles. The Kier molecular flexibility index (Phi) is 7.36. The predicted octanol–water partition coefficient (Wildman–Crippen LogP) is 0.642. The first kappa shape index (κ1) is 14.9. The Balaban J connectivity index is 0. The molecular formula is C8H16N2O4. The average molecular weight is 204 g/mol. The molecule has 0 saturated carbocycles. The van der Waals surface area contributed by atoms with Gasteiger partial charge in [0.25, 0.3) is 0 Å². The summed E-state index contributed by atoms with van der Waals surface area (Å²) in [5, 5.41) is 7.49. The van der Waals surface area contributed by atoms with Crippen LogP contribution in [-0.2, 0) is 9.53 Å². The van der Waals surface area contributed by atoms with Crippen molar-refractivity contribution in [3.63, 3.8) is 0 Å². The van der Waals surface area contributed by atoms with E-state index < -0.39 is 11.7 Å². The maximum atomic E-state index is 10.5. The molecule has 82 valence electrons. The molecule has 0 heterocycles. The maximum absolute atomic E-state index is 10.5. The molecule has 0 aliphatic rings. The lowest BCUT2D eigenvalue weighted by Gasteiger charge is -2.17. The highest BCUT2D eigenvalue weighted by Gasteiger charge is 2.12. The fourth-order valence-electron chi connectivity index (χ4n) is 0.343. The first-order valence-electron chi connectivity index (χ1n) is 3.78. The van der Waals surface area contributed by atoms with Crippen LogP contribution in [-0.4, -0.2) is 22.8 Å². The summed E-state index contributed by atoms with van der Waals surface area (Å²) in [5.74, 6) is 3.95. The Morgan fingerprint density at radius 3 is 1.93 bits per heavy atom. The van der Waals surface area contributed by atoms with Crippen LogP contribution in [0.4, 0.5) is 4.79 Å². The zero-order valence-corrected chi connectivity index (χ0v) is 8.53. The Morgan fingerprint density at radius 1 is 1.50 bits per heavy atom. The zero-order chi connectivity index (χ0) is 11.8. The lowest BCUT2D eigenvalue weighted by atomic mass is 10.2. The minimum absolute atomic E-state index is 0.373. The summed E-state index contributed by atoms with van der Waals surface area (Å²) in [4.78, 5) is 19.6. The van der Waals surface area contributed by atoms with Crippen LogP contribution in [0.2, 0.25) is 0 Å². The second kappa shape index (κ2) is 6.90. The number of nitrogens with one attached hydrogen (secondary N) is 1. The van der Waals surface area contributed by atoms with Crippen LogP contribution in [0.3, 0.4) is 0 Å². The summed E-state index contributed by atoms with van der Waals surface area (Å²) in [6.07, 6.45) is -0.0596. The number of hydrogen-bond donors (Lipinski definition) is 3. The number of carboxylic acid groups (broad SMARTS) is 1. The van der Waals surface area contributed by atoms with Crippen molar-refractivity contribution < 1.29 is 19.4 Å². The van der Waals surface area contributed by atoms with Gasteiger partial charge in [0.2, 0.25) is 0 Å². The largest absolute Gasteiger partial charge is 0.464 e. The van der Waals surface area contributed by atoms with E-state index in [2.05, 4.69) is 12.4 Å². The molecule has 14 heavy (non-hydrogen) atoms. The van der Waals surface area contributed by atoms with Crippen LogP contribution in [0.5, 0.6) is 0 Å². The summed E-state index contributed by atoms with van der Waals surface area (Å²) >= 11 is 0. The molecule has 0 radical (unpaired) electrons. The molecule has 0 aliphatic carbocycles. The summed E-state index contributed by atoms with van der Waals surface area (Å²) < 4.78 is 4.83. The van der Waals surface area contributed by atoms with Crippen molar-refractivity contribution in [2.75, 3.05) is 0 Å². The van der Waals surface area contributed by atoms with Crippen molar-refractivity contribution in [3.8, 4) is 0 Å². The van der Waals surface area contributed by atoms with Crippen molar-refractivity contribution in [2.45, 2.75) is 26.4 Å². The highest BCUT2D eigenvalue weighted by atomic mass is 16.6. The van der Waals surface area contributed by atoms with Gasteiger partial charge in [-0.2, -0.15) is 0 Å². The molecule has 0 aliphatic heterocycles. The smallest absolute Gasteiger partial charge is 0.418 e. The van der Waals surface area contributed by atoms with Crippen molar-refractivity contribution in [1.82, 2.24) is 5.43 Å². The summed E-state index contributed by atoms with van der Waals surface area (Å²) in [6, 6.07) is 0. The third kappa shape index (κ3) is 16.8. The minimum atomic E-state index is -1.22. The Bertz CT molecular complexity index is 208. The van der Waals surface area contributed by atoms with E-state index in [4.69, 9.17) is 14.6 Å². The average Bonchev–Trinajstić information content (AvgIpc) is 2.02. The number of hydrogen-bond acceptors (Lipinski definition) is 4. The van der Waals surface area contributed by atoms with Gasteiger partial charge >= 0.3 is 12.1 Å². The lowest BCUT2D eigenvalue weighted by molar-refractivity contribution is -0.148. The van der Waals surface area contributed by atoms with Crippen LogP contribution in [0.1, 0.15) is 20.8 Å². The van der Waals surface area contributed by atoms with E-state index in [9.17, 15) is 4.79 Å². The molecule has 4 N–H and O–H groups in total.